The summed E-state index contributed by atoms with van der Waals surface area (Å²) < 4.78 is 5.45. The van der Waals surface area contributed by atoms with Crippen molar-refractivity contribution in [2.45, 2.75) is 25.0 Å². The summed E-state index contributed by atoms with van der Waals surface area (Å²) in [6.45, 7) is 1.56. The smallest absolute Gasteiger partial charge is 0.256 e. The summed E-state index contributed by atoms with van der Waals surface area (Å²) in [5, 5.41) is 0. The third kappa shape index (κ3) is 3.07. The van der Waals surface area contributed by atoms with Crippen LogP contribution in [0.25, 0.3) is 0 Å². The van der Waals surface area contributed by atoms with E-state index < -0.39 is 6.10 Å². The van der Waals surface area contributed by atoms with Gasteiger partial charge < -0.3 is 15.4 Å². The Labute approximate surface area is 132 Å². The summed E-state index contributed by atoms with van der Waals surface area (Å²) in [7, 11) is 1.60. The summed E-state index contributed by atoms with van der Waals surface area (Å²) in [4.78, 5) is 14.7. The molecule has 1 saturated carbocycles. The van der Waals surface area contributed by atoms with Crippen LogP contribution in [-0.2, 0) is 9.53 Å². The zero-order valence-electron chi connectivity index (χ0n) is 12.3. The van der Waals surface area contributed by atoms with Crippen LogP contribution >= 0.6 is 12.4 Å². The van der Waals surface area contributed by atoms with E-state index >= 15 is 0 Å². The molecule has 1 heterocycles. The minimum atomic E-state index is -0.495. The van der Waals surface area contributed by atoms with E-state index in [4.69, 9.17) is 10.5 Å². The first-order chi connectivity index (χ1) is 9.70. The van der Waals surface area contributed by atoms with Gasteiger partial charge in [-0.25, -0.2) is 0 Å². The maximum Gasteiger partial charge on any atom is 0.256 e. The molecule has 1 aliphatic heterocycles. The number of benzene rings is 1. The van der Waals surface area contributed by atoms with Gasteiger partial charge in [0.25, 0.3) is 5.91 Å². The number of hydrogen-bond donors (Lipinski definition) is 1. The average molecular weight is 311 g/mol. The van der Waals surface area contributed by atoms with Crippen LogP contribution < -0.4 is 5.73 Å². The number of piperidine rings is 1. The highest BCUT2D eigenvalue weighted by Crippen LogP contribution is 2.36. The molecule has 1 aromatic rings. The van der Waals surface area contributed by atoms with Gasteiger partial charge in [0.15, 0.2) is 6.10 Å². The molecule has 2 fully saturated rings. The number of nitrogens with two attached hydrogens (primary N) is 1. The van der Waals surface area contributed by atoms with Gasteiger partial charge in [-0.3, -0.25) is 4.79 Å². The van der Waals surface area contributed by atoms with E-state index in [1.807, 2.05) is 35.2 Å². The topological polar surface area (TPSA) is 55.6 Å². The third-order valence-electron chi connectivity index (χ3n) is 4.78. The van der Waals surface area contributed by atoms with Crippen molar-refractivity contribution in [3.05, 3.63) is 35.9 Å². The number of carbonyl (C=O) groups excluding carboxylic acids is 1. The number of likely N-dealkylation sites (tertiary alicyclic amines) is 1. The van der Waals surface area contributed by atoms with Crippen molar-refractivity contribution in [1.82, 2.24) is 4.90 Å². The molecule has 1 aromatic carbocycles. The molecule has 21 heavy (non-hydrogen) atoms. The molecule has 3 rings (SSSR count). The van der Waals surface area contributed by atoms with Crippen LogP contribution in [0.15, 0.2) is 30.3 Å². The van der Waals surface area contributed by atoms with Crippen LogP contribution in [0.5, 0.6) is 0 Å². The molecule has 2 N–H and O–H groups in total. The Morgan fingerprint density at radius 3 is 2.33 bits per heavy atom. The SMILES string of the molecule is CO[C@H](C(=O)N1C[C@H]2CC[C@@H](C1)C2N)c1ccccc1.Cl. The zero-order chi connectivity index (χ0) is 14.1. The van der Waals surface area contributed by atoms with Crippen LogP contribution in [0.4, 0.5) is 0 Å². The minimum absolute atomic E-state index is 0. The van der Waals surface area contributed by atoms with Crippen molar-refractivity contribution in [1.29, 1.82) is 0 Å². The summed E-state index contributed by atoms with van der Waals surface area (Å²) in [5.74, 6) is 0.999. The lowest BCUT2D eigenvalue weighted by molar-refractivity contribution is -0.144. The second-order valence-corrected chi connectivity index (χ2v) is 5.94. The number of hydrogen-bond acceptors (Lipinski definition) is 3. The highest BCUT2D eigenvalue weighted by molar-refractivity contribution is 5.85. The van der Waals surface area contributed by atoms with Gasteiger partial charge >= 0.3 is 0 Å². The van der Waals surface area contributed by atoms with E-state index in [1.54, 1.807) is 7.11 Å². The van der Waals surface area contributed by atoms with Gasteiger partial charge in [-0.05, 0) is 30.2 Å². The fourth-order valence-corrected chi connectivity index (χ4v) is 3.62. The maximum absolute atomic E-state index is 12.7. The molecular weight excluding hydrogens is 288 g/mol. The number of halogens is 1. The van der Waals surface area contributed by atoms with Gasteiger partial charge in [-0.1, -0.05) is 30.3 Å². The van der Waals surface area contributed by atoms with Gasteiger partial charge in [0, 0.05) is 26.2 Å². The number of rotatable bonds is 3. The second-order valence-electron chi connectivity index (χ2n) is 5.94. The molecule has 1 unspecified atom stereocenters. The minimum Gasteiger partial charge on any atom is -0.367 e. The molecule has 0 aromatic heterocycles. The van der Waals surface area contributed by atoms with E-state index in [0.29, 0.717) is 11.8 Å². The predicted molar refractivity (Wildman–Crippen MR) is 84.2 cm³/mol. The maximum atomic E-state index is 12.7. The number of ether oxygens (including phenoxy) is 1. The Morgan fingerprint density at radius 2 is 1.81 bits per heavy atom. The fraction of sp³-hybridized carbons (Fsp3) is 0.562. The molecule has 4 nitrogen and oxygen atoms in total. The largest absolute Gasteiger partial charge is 0.367 e. The van der Waals surface area contributed by atoms with Crippen molar-refractivity contribution in [3.63, 3.8) is 0 Å². The third-order valence-corrected chi connectivity index (χ3v) is 4.78. The average Bonchev–Trinajstić information content (AvgIpc) is 2.70. The van der Waals surface area contributed by atoms with Crippen molar-refractivity contribution >= 4 is 18.3 Å². The summed E-state index contributed by atoms with van der Waals surface area (Å²) >= 11 is 0. The second kappa shape index (κ2) is 6.77. The predicted octanol–water partition coefficient (Wildman–Crippen LogP) is 1.99. The fourth-order valence-electron chi connectivity index (χ4n) is 3.62. The molecule has 1 aliphatic carbocycles. The quantitative estimate of drug-likeness (QED) is 0.929. The number of amides is 1. The van der Waals surface area contributed by atoms with Crippen molar-refractivity contribution in [3.8, 4) is 0 Å². The first-order valence-corrected chi connectivity index (χ1v) is 7.33. The highest BCUT2D eigenvalue weighted by atomic mass is 35.5. The molecule has 116 valence electrons. The molecule has 0 radical (unpaired) electrons. The number of fused-ring (bicyclic) bond motifs is 2. The summed E-state index contributed by atoms with van der Waals surface area (Å²) in [5.41, 5.74) is 7.12. The van der Waals surface area contributed by atoms with Crippen molar-refractivity contribution in [2.75, 3.05) is 20.2 Å². The number of carbonyl (C=O) groups is 1. The molecule has 2 bridgehead atoms. The number of methoxy groups -OCH3 is 1. The summed E-state index contributed by atoms with van der Waals surface area (Å²) in [6, 6.07) is 9.97. The lowest BCUT2D eigenvalue weighted by atomic mass is 9.92. The first kappa shape index (κ1) is 16.3. The Morgan fingerprint density at radius 1 is 1.24 bits per heavy atom. The Kier molecular flexibility index (Phi) is 5.25. The lowest BCUT2D eigenvalue weighted by Gasteiger charge is -2.37. The van der Waals surface area contributed by atoms with Crippen molar-refractivity contribution < 1.29 is 9.53 Å². The van der Waals surface area contributed by atoms with E-state index in [-0.39, 0.29) is 24.4 Å². The molecule has 2 aliphatic rings. The first-order valence-electron chi connectivity index (χ1n) is 7.33. The molecule has 5 heteroatoms. The van der Waals surface area contributed by atoms with E-state index in [2.05, 4.69) is 0 Å². The van der Waals surface area contributed by atoms with Gasteiger partial charge in [-0.2, -0.15) is 0 Å². The lowest BCUT2D eigenvalue weighted by Crippen LogP contribution is -2.51. The standard InChI is InChI=1S/C16H22N2O2.ClH/c1-20-15(11-5-3-2-4-6-11)16(19)18-9-12-7-8-13(10-18)14(12)17;/h2-6,12-15H,7-10,17H2,1H3;1H/t12-,13+,14?,15-;/m0./s1. The Bertz CT molecular complexity index is 468. The molecule has 0 spiro atoms. The van der Waals surface area contributed by atoms with Gasteiger partial charge in [0.05, 0.1) is 0 Å². The highest BCUT2D eigenvalue weighted by Gasteiger charge is 2.42. The van der Waals surface area contributed by atoms with Crippen LogP contribution in [0.3, 0.4) is 0 Å². The monoisotopic (exact) mass is 310 g/mol. The summed E-state index contributed by atoms with van der Waals surface area (Å²) in [6.07, 6.45) is 1.81. The van der Waals surface area contributed by atoms with Gasteiger partial charge in [0.1, 0.15) is 0 Å². The van der Waals surface area contributed by atoms with E-state index in [9.17, 15) is 4.79 Å². The van der Waals surface area contributed by atoms with Crippen molar-refractivity contribution in [2.24, 2.45) is 17.6 Å². The van der Waals surface area contributed by atoms with Crippen LogP contribution in [-0.4, -0.2) is 37.0 Å². The Hall–Kier alpha value is -1.10. The zero-order valence-corrected chi connectivity index (χ0v) is 13.1. The number of nitrogens with zero attached hydrogens (tertiary/aromatic N) is 1. The molecule has 1 saturated heterocycles. The molecule has 1 amide bonds. The van der Waals surface area contributed by atoms with Crippen LogP contribution in [0.1, 0.15) is 24.5 Å². The van der Waals surface area contributed by atoms with Gasteiger partial charge in [0.2, 0.25) is 0 Å². The van der Waals surface area contributed by atoms with Crippen LogP contribution in [0, 0.1) is 11.8 Å². The Balaban J connectivity index is 0.00000161. The molecule has 4 atom stereocenters. The van der Waals surface area contributed by atoms with E-state index in [1.165, 1.54) is 0 Å². The van der Waals surface area contributed by atoms with E-state index in [0.717, 1.165) is 31.5 Å². The van der Waals surface area contributed by atoms with Crippen LogP contribution in [0.2, 0.25) is 0 Å². The van der Waals surface area contributed by atoms with Gasteiger partial charge in [-0.15, -0.1) is 12.4 Å². The molecular formula is C16H23ClN2O2. The normalized spacial score (nSPS) is 28.9.